The van der Waals surface area contributed by atoms with Gasteiger partial charge in [-0.15, -0.1) is 0 Å². The van der Waals surface area contributed by atoms with Crippen LogP contribution in [0.25, 0.3) is 0 Å². The molecule has 0 amide bonds. The number of hydrogen-bond donors (Lipinski definition) is 3. The monoisotopic (exact) mass is 321 g/mol. The summed E-state index contributed by atoms with van der Waals surface area (Å²) in [4.78, 5) is 8.52. The first-order chi connectivity index (χ1) is 10.7. The zero-order chi connectivity index (χ0) is 17.1. The second-order valence-electron chi connectivity index (χ2n) is 7.36. The van der Waals surface area contributed by atoms with Gasteiger partial charge < -0.3 is 20.1 Å². The number of anilines is 1. The molecule has 0 aliphatic heterocycles. The van der Waals surface area contributed by atoms with Crippen molar-refractivity contribution in [1.29, 1.82) is 0 Å². The molecule has 1 fully saturated rings. The fourth-order valence-corrected chi connectivity index (χ4v) is 2.46. The van der Waals surface area contributed by atoms with Crippen LogP contribution in [0, 0.1) is 0 Å². The minimum absolute atomic E-state index is 0.435. The second-order valence-corrected chi connectivity index (χ2v) is 7.36. The van der Waals surface area contributed by atoms with Crippen molar-refractivity contribution in [3.05, 3.63) is 12.4 Å². The third-order valence-electron chi connectivity index (χ3n) is 4.77. The zero-order valence-corrected chi connectivity index (χ0v) is 14.5. The highest BCUT2D eigenvalue weighted by molar-refractivity contribution is 6.59. The third kappa shape index (κ3) is 4.90. The third-order valence-corrected chi connectivity index (χ3v) is 4.77. The van der Waals surface area contributed by atoms with Gasteiger partial charge in [0.2, 0.25) is 5.95 Å². The van der Waals surface area contributed by atoms with Crippen LogP contribution in [-0.2, 0) is 4.65 Å². The van der Waals surface area contributed by atoms with Gasteiger partial charge in [-0.25, -0.2) is 9.97 Å². The van der Waals surface area contributed by atoms with E-state index in [1.54, 1.807) is 40.1 Å². The van der Waals surface area contributed by atoms with E-state index in [-0.39, 0.29) is 0 Å². The predicted octanol–water partition coefficient (Wildman–Crippen LogP) is 1.47. The Kier molecular flexibility index (Phi) is 5.65. The first kappa shape index (κ1) is 18.2. The summed E-state index contributed by atoms with van der Waals surface area (Å²) >= 11 is 0. The summed E-state index contributed by atoms with van der Waals surface area (Å²) < 4.78 is 5.58. The Balaban J connectivity index is 1.95. The van der Waals surface area contributed by atoms with E-state index in [2.05, 4.69) is 15.3 Å². The normalized spacial score (nSPS) is 17.1. The van der Waals surface area contributed by atoms with E-state index >= 15 is 0 Å². The van der Waals surface area contributed by atoms with Crippen molar-refractivity contribution < 1.29 is 14.8 Å². The molecule has 1 aliphatic carbocycles. The molecule has 2 rings (SSSR count). The minimum Gasteiger partial charge on any atom is -0.423 e. The summed E-state index contributed by atoms with van der Waals surface area (Å²) in [6.07, 6.45) is 9.21. The standard InChI is InChI=1S/C16H28BN3O3/c1-15(2,21)16(3,4)23-17(22)12-10-18-14(19-11-12)20-13-8-6-5-7-9-13/h10-11,13,21-22H,5-9H2,1-4H3,(H,18,19,20). The molecular formula is C16H28BN3O3. The van der Waals surface area contributed by atoms with Crippen molar-refractivity contribution >= 4 is 18.5 Å². The van der Waals surface area contributed by atoms with E-state index in [0.717, 1.165) is 12.8 Å². The highest BCUT2D eigenvalue weighted by Crippen LogP contribution is 2.25. The smallest absolute Gasteiger partial charge is 0.423 e. The quantitative estimate of drug-likeness (QED) is 0.688. The summed E-state index contributed by atoms with van der Waals surface area (Å²) in [7, 11) is -1.18. The van der Waals surface area contributed by atoms with E-state index < -0.39 is 18.3 Å². The Hall–Kier alpha value is -1.18. The number of nitrogens with zero attached hydrogens (tertiary/aromatic N) is 2. The average Bonchev–Trinajstić information content (AvgIpc) is 2.47. The highest BCUT2D eigenvalue weighted by atomic mass is 16.5. The van der Waals surface area contributed by atoms with Crippen LogP contribution in [0.4, 0.5) is 5.95 Å². The summed E-state index contributed by atoms with van der Waals surface area (Å²) in [5, 5.41) is 23.6. The van der Waals surface area contributed by atoms with E-state index in [9.17, 15) is 10.1 Å². The molecule has 0 bridgehead atoms. The Bertz CT molecular complexity index is 496. The molecule has 6 nitrogen and oxygen atoms in total. The Labute approximate surface area is 138 Å². The predicted molar refractivity (Wildman–Crippen MR) is 91.6 cm³/mol. The fraction of sp³-hybridized carbons (Fsp3) is 0.750. The molecule has 7 heteroatoms. The van der Waals surface area contributed by atoms with Crippen LogP contribution in [-0.4, -0.2) is 44.5 Å². The average molecular weight is 321 g/mol. The topological polar surface area (TPSA) is 87.5 Å². The first-order valence-corrected chi connectivity index (χ1v) is 8.36. The van der Waals surface area contributed by atoms with Gasteiger partial charge in [-0.1, -0.05) is 19.3 Å². The molecule has 0 atom stereocenters. The van der Waals surface area contributed by atoms with Gasteiger partial charge in [0.15, 0.2) is 0 Å². The molecule has 128 valence electrons. The maximum Gasteiger partial charge on any atom is 0.494 e. The SMILES string of the molecule is CC(C)(O)C(C)(C)OB(O)c1cnc(NC2CCCCC2)nc1. The van der Waals surface area contributed by atoms with Crippen molar-refractivity contribution in [3.8, 4) is 0 Å². The molecule has 0 unspecified atom stereocenters. The van der Waals surface area contributed by atoms with E-state index in [1.807, 2.05) is 0 Å². The van der Waals surface area contributed by atoms with Crippen LogP contribution in [0.1, 0.15) is 59.8 Å². The van der Waals surface area contributed by atoms with E-state index in [4.69, 9.17) is 4.65 Å². The summed E-state index contributed by atoms with van der Waals surface area (Å²) in [5.74, 6) is 0.578. The molecule has 0 radical (unpaired) electrons. The largest absolute Gasteiger partial charge is 0.494 e. The lowest BCUT2D eigenvalue weighted by molar-refractivity contribution is -0.0982. The van der Waals surface area contributed by atoms with Crippen LogP contribution in [0.15, 0.2) is 12.4 Å². The minimum atomic E-state index is -1.18. The van der Waals surface area contributed by atoms with Gasteiger partial charge in [-0.3, -0.25) is 0 Å². The van der Waals surface area contributed by atoms with Gasteiger partial charge in [0.1, 0.15) is 0 Å². The molecular weight excluding hydrogens is 293 g/mol. The maximum absolute atomic E-state index is 10.2. The molecule has 1 saturated carbocycles. The van der Waals surface area contributed by atoms with Gasteiger partial charge in [0.05, 0.1) is 11.2 Å². The van der Waals surface area contributed by atoms with Crippen LogP contribution < -0.4 is 10.8 Å². The van der Waals surface area contributed by atoms with Crippen LogP contribution >= 0.6 is 0 Å². The number of aromatic nitrogens is 2. The van der Waals surface area contributed by atoms with Gasteiger partial charge >= 0.3 is 7.12 Å². The molecule has 0 aromatic carbocycles. The Morgan fingerprint density at radius 1 is 1.13 bits per heavy atom. The zero-order valence-electron chi connectivity index (χ0n) is 14.5. The fourth-order valence-electron chi connectivity index (χ4n) is 2.46. The Morgan fingerprint density at radius 3 is 2.22 bits per heavy atom. The van der Waals surface area contributed by atoms with Crippen molar-refractivity contribution in [1.82, 2.24) is 9.97 Å². The lowest BCUT2D eigenvalue weighted by Crippen LogP contribution is -2.53. The summed E-state index contributed by atoms with van der Waals surface area (Å²) in [6.45, 7) is 6.76. The number of rotatable bonds is 6. The van der Waals surface area contributed by atoms with Crippen LogP contribution in [0.2, 0.25) is 0 Å². The van der Waals surface area contributed by atoms with Gasteiger partial charge in [-0.2, -0.15) is 0 Å². The van der Waals surface area contributed by atoms with Crippen molar-refractivity contribution in [2.75, 3.05) is 5.32 Å². The first-order valence-electron chi connectivity index (χ1n) is 8.36. The van der Waals surface area contributed by atoms with Crippen molar-refractivity contribution in [3.63, 3.8) is 0 Å². The number of hydrogen-bond acceptors (Lipinski definition) is 6. The molecule has 0 spiro atoms. The summed E-state index contributed by atoms with van der Waals surface area (Å²) in [6, 6.07) is 0.435. The van der Waals surface area contributed by atoms with Crippen molar-refractivity contribution in [2.24, 2.45) is 0 Å². The second kappa shape index (κ2) is 7.15. The molecule has 3 N–H and O–H groups in total. The van der Waals surface area contributed by atoms with Gasteiger partial charge in [0.25, 0.3) is 0 Å². The lowest BCUT2D eigenvalue weighted by atomic mass is 9.78. The van der Waals surface area contributed by atoms with Crippen molar-refractivity contribution in [2.45, 2.75) is 77.0 Å². The molecule has 1 aliphatic rings. The number of nitrogens with one attached hydrogen (secondary N) is 1. The Morgan fingerprint density at radius 2 is 1.70 bits per heavy atom. The maximum atomic E-state index is 10.2. The summed E-state index contributed by atoms with van der Waals surface area (Å²) in [5.41, 5.74) is -1.53. The van der Waals surface area contributed by atoms with Crippen LogP contribution in [0.3, 0.4) is 0 Å². The van der Waals surface area contributed by atoms with Gasteiger partial charge in [-0.05, 0) is 40.5 Å². The molecule has 1 aromatic heterocycles. The molecule has 23 heavy (non-hydrogen) atoms. The van der Waals surface area contributed by atoms with E-state index in [0.29, 0.717) is 17.5 Å². The van der Waals surface area contributed by atoms with Crippen LogP contribution in [0.5, 0.6) is 0 Å². The highest BCUT2D eigenvalue weighted by Gasteiger charge is 2.39. The lowest BCUT2D eigenvalue weighted by Gasteiger charge is -2.38. The number of aliphatic hydroxyl groups is 1. The molecule has 1 heterocycles. The van der Waals surface area contributed by atoms with E-state index in [1.165, 1.54) is 19.3 Å². The van der Waals surface area contributed by atoms with Gasteiger partial charge in [0, 0.05) is 23.9 Å². The molecule has 0 saturated heterocycles. The molecule has 1 aromatic rings.